The van der Waals surface area contributed by atoms with Crippen molar-refractivity contribution in [2.24, 2.45) is 4.99 Å². The molecule has 114 valence electrons. The van der Waals surface area contributed by atoms with E-state index in [1.165, 1.54) is 6.26 Å². The summed E-state index contributed by atoms with van der Waals surface area (Å²) in [4.78, 5) is 4.06. The molecule has 1 rings (SSSR count). The number of aliphatic imine (C=N–C) groups is 1. The average molecular weight is 301 g/mol. The molecular formula is C13H23N3O3S. The van der Waals surface area contributed by atoms with Gasteiger partial charge in [-0.15, -0.1) is 0 Å². The Labute approximate surface area is 120 Å². The SMILES string of the molecule is CN=C(NCCc1ccco1)NCC(C)(C)S(C)(=O)=O. The molecule has 0 aliphatic carbocycles. The van der Waals surface area contributed by atoms with Crippen molar-refractivity contribution < 1.29 is 12.8 Å². The fraction of sp³-hybridized carbons (Fsp3) is 0.615. The van der Waals surface area contributed by atoms with Crippen LogP contribution in [-0.4, -0.2) is 45.5 Å². The van der Waals surface area contributed by atoms with E-state index >= 15 is 0 Å². The molecule has 1 aromatic heterocycles. The molecule has 1 heterocycles. The Balaban J connectivity index is 2.41. The van der Waals surface area contributed by atoms with Crippen molar-refractivity contribution in [3.8, 4) is 0 Å². The van der Waals surface area contributed by atoms with Gasteiger partial charge in [0.25, 0.3) is 0 Å². The summed E-state index contributed by atoms with van der Waals surface area (Å²) < 4.78 is 27.6. The van der Waals surface area contributed by atoms with Crippen LogP contribution in [0.3, 0.4) is 0 Å². The van der Waals surface area contributed by atoms with Gasteiger partial charge < -0.3 is 15.1 Å². The minimum atomic E-state index is -3.12. The van der Waals surface area contributed by atoms with Crippen LogP contribution in [0.1, 0.15) is 19.6 Å². The predicted molar refractivity (Wildman–Crippen MR) is 80.7 cm³/mol. The molecule has 0 amide bonds. The topological polar surface area (TPSA) is 83.7 Å². The first-order valence-corrected chi connectivity index (χ1v) is 8.32. The highest BCUT2D eigenvalue weighted by Gasteiger charge is 2.30. The van der Waals surface area contributed by atoms with Crippen LogP contribution in [0, 0.1) is 0 Å². The van der Waals surface area contributed by atoms with Crippen LogP contribution in [0.5, 0.6) is 0 Å². The predicted octanol–water partition coefficient (Wildman–Crippen LogP) is 0.810. The number of nitrogens with one attached hydrogen (secondary N) is 2. The second kappa shape index (κ2) is 6.78. The van der Waals surface area contributed by atoms with Gasteiger partial charge in [-0.1, -0.05) is 0 Å². The maximum Gasteiger partial charge on any atom is 0.191 e. The standard InChI is InChI=1S/C13H23N3O3S/c1-13(2,20(4,17)18)10-16-12(14-3)15-8-7-11-6-5-9-19-11/h5-6,9H,7-8,10H2,1-4H3,(H2,14,15,16). The molecule has 0 saturated heterocycles. The van der Waals surface area contributed by atoms with E-state index in [9.17, 15) is 8.42 Å². The fourth-order valence-corrected chi connectivity index (χ4v) is 1.74. The monoisotopic (exact) mass is 301 g/mol. The summed E-state index contributed by atoms with van der Waals surface area (Å²) in [6, 6.07) is 3.75. The lowest BCUT2D eigenvalue weighted by atomic mass is 10.2. The second-order valence-electron chi connectivity index (χ2n) is 5.21. The van der Waals surface area contributed by atoms with E-state index in [0.717, 1.165) is 12.2 Å². The quantitative estimate of drug-likeness (QED) is 0.600. The second-order valence-corrected chi connectivity index (χ2v) is 7.86. The van der Waals surface area contributed by atoms with Gasteiger partial charge in [-0.05, 0) is 26.0 Å². The smallest absolute Gasteiger partial charge is 0.191 e. The zero-order chi connectivity index (χ0) is 15.2. The summed E-state index contributed by atoms with van der Waals surface area (Å²) in [5.74, 6) is 1.47. The summed E-state index contributed by atoms with van der Waals surface area (Å²) >= 11 is 0. The molecule has 0 bridgehead atoms. The van der Waals surface area contributed by atoms with Gasteiger partial charge in [0, 0.05) is 32.8 Å². The van der Waals surface area contributed by atoms with E-state index in [1.54, 1.807) is 27.2 Å². The number of hydrogen-bond acceptors (Lipinski definition) is 4. The summed E-state index contributed by atoms with van der Waals surface area (Å²) in [5.41, 5.74) is 0. The molecule has 0 unspecified atom stereocenters. The normalized spacial score (nSPS) is 13.3. The van der Waals surface area contributed by atoms with Gasteiger partial charge >= 0.3 is 0 Å². The van der Waals surface area contributed by atoms with Gasteiger partial charge in [0.05, 0.1) is 11.0 Å². The molecule has 1 aromatic rings. The van der Waals surface area contributed by atoms with Crippen molar-refractivity contribution in [1.82, 2.24) is 10.6 Å². The van der Waals surface area contributed by atoms with E-state index in [0.29, 0.717) is 19.0 Å². The Hall–Kier alpha value is -1.50. The van der Waals surface area contributed by atoms with Crippen LogP contribution in [0.4, 0.5) is 0 Å². The van der Waals surface area contributed by atoms with E-state index in [-0.39, 0.29) is 0 Å². The van der Waals surface area contributed by atoms with Gasteiger partial charge in [-0.3, -0.25) is 4.99 Å². The van der Waals surface area contributed by atoms with Crippen molar-refractivity contribution in [2.45, 2.75) is 25.0 Å². The lowest BCUT2D eigenvalue weighted by molar-refractivity contribution is 0.506. The average Bonchev–Trinajstić information content (AvgIpc) is 2.85. The molecule has 0 radical (unpaired) electrons. The molecular weight excluding hydrogens is 278 g/mol. The number of guanidine groups is 1. The lowest BCUT2D eigenvalue weighted by Crippen LogP contribution is -2.48. The Bertz CT molecular complexity index is 533. The maximum atomic E-state index is 11.6. The molecule has 0 aliphatic rings. The Morgan fingerprint density at radius 1 is 1.40 bits per heavy atom. The number of furan rings is 1. The molecule has 0 aliphatic heterocycles. The van der Waals surface area contributed by atoms with Crippen molar-refractivity contribution in [2.75, 3.05) is 26.4 Å². The first kappa shape index (κ1) is 16.6. The first-order chi connectivity index (χ1) is 9.26. The summed E-state index contributed by atoms with van der Waals surface area (Å²) in [7, 11) is -1.47. The molecule has 6 nitrogen and oxygen atoms in total. The molecule has 0 atom stereocenters. The number of nitrogens with zero attached hydrogens (tertiary/aromatic N) is 1. The third kappa shape index (κ3) is 4.88. The zero-order valence-corrected chi connectivity index (χ0v) is 13.3. The Kier molecular flexibility index (Phi) is 5.62. The van der Waals surface area contributed by atoms with E-state index < -0.39 is 14.6 Å². The summed E-state index contributed by atoms with van der Waals surface area (Å²) in [6.07, 6.45) is 3.61. The molecule has 0 aromatic carbocycles. The van der Waals surface area contributed by atoms with Crippen LogP contribution in [0.2, 0.25) is 0 Å². The maximum absolute atomic E-state index is 11.6. The highest BCUT2D eigenvalue weighted by molar-refractivity contribution is 7.92. The van der Waals surface area contributed by atoms with Crippen LogP contribution in [-0.2, 0) is 16.3 Å². The van der Waals surface area contributed by atoms with Crippen LogP contribution in [0.25, 0.3) is 0 Å². The van der Waals surface area contributed by atoms with Crippen LogP contribution >= 0.6 is 0 Å². The minimum absolute atomic E-state index is 0.298. The van der Waals surface area contributed by atoms with Gasteiger partial charge in [-0.25, -0.2) is 8.42 Å². The molecule has 0 spiro atoms. The van der Waals surface area contributed by atoms with Crippen molar-refractivity contribution >= 4 is 15.8 Å². The van der Waals surface area contributed by atoms with E-state index in [2.05, 4.69) is 15.6 Å². The van der Waals surface area contributed by atoms with Gasteiger partial charge in [0.15, 0.2) is 15.8 Å². The van der Waals surface area contributed by atoms with Gasteiger partial charge in [0.1, 0.15) is 5.76 Å². The first-order valence-electron chi connectivity index (χ1n) is 6.43. The lowest BCUT2D eigenvalue weighted by Gasteiger charge is -2.24. The number of rotatable bonds is 6. The van der Waals surface area contributed by atoms with Gasteiger partial charge in [-0.2, -0.15) is 0 Å². The van der Waals surface area contributed by atoms with E-state index in [4.69, 9.17) is 4.42 Å². The number of sulfone groups is 1. The van der Waals surface area contributed by atoms with Gasteiger partial charge in [0.2, 0.25) is 0 Å². The largest absolute Gasteiger partial charge is 0.469 e. The third-order valence-corrected chi connectivity index (χ3v) is 5.30. The highest BCUT2D eigenvalue weighted by Crippen LogP contribution is 2.13. The number of hydrogen-bond donors (Lipinski definition) is 2. The highest BCUT2D eigenvalue weighted by atomic mass is 32.2. The molecule has 0 saturated carbocycles. The zero-order valence-electron chi connectivity index (χ0n) is 12.4. The van der Waals surface area contributed by atoms with Crippen LogP contribution in [0.15, 0.2) is 27.8 Å². The third-order valence-electron chi connectivity index (χ3n) is 3.15. The fourth-order valence-electron chi connectivity index (χ4n) is 1.41. The Morgan fingerprint density at radius 2 is 2.10 bits per heavy atom. The van der Waals surface area contributed by atoms with E-state index in [1.807, 2.05) is 12.1 Å². The molecule has 20 heavy (non-hydrogen) atoms. The summed E-state index contributed by atoms with van der Waals surface area (Å²) in [5, 5.41) is 6.14. The van der Waals surface area contributed by atoms with Crippen molar-refractivity contribution in [1.29, 1.82) is 0 Å². The van der Waals surface area contributed by atoms with Crippen molar-refractivity contribution in [3.63, 3.8) is 0 Å². The molecule has 7 heteroatoms. The Morgan fingerprint density at radius 3 is 2.60 bits per heavy atom. The van der Waals surface area contributed by atoms with Crippen LogP contribution < -0.4 is 10.6 Å². The molecule has 2 N–H and O–H groups in total. The molecule has 0 fully saturated rings. The minimum Gasteiger partial charge on any atom is -0.469 e. The summed E-state index contributed by atoms with van der Waals surface area (Å²) in [6.45, 7) is 4.33. The van der Waals surface area contributed by atoms with Crippen molar-refractivity contribution in [3.05, 3.63) is 24.2 Å².